The number of aromatic nitrogens is 3. The SMILES string of the molecule is CC1(C)C(=O)N(c2ccc(C#N)c(C(F)(F)F)c2)C(=O)N1CCCCc1cn(CCOc2cc(O)c3c(=O)c(-c4ccc(O)cc4)coc3c2)nn1. The van der Waals surface area contributed by atoms with Crippen molar-refractivity contribution in [3.8, 4) is 34.4 Å². The molecule has 0 radical (unpaired) electrons. The van der Waals surface area contributed by atoms with E-state index in [2.05, 4.69) is 10.3 Å². The Morgan fingerprint density at radius 1 is 1.00 bits per heavy atom. The van der Waals surface area contributed by atoms with Gasteiger partial charge in [-0.3, -0.25) is 9.59 Å². The number of phenolic OH excluding ortho intramolecular Hbond substituents is 2. The third-order valence-electron chi connectivity index (χ3n) is 8.76. The Kier molecular flexibility index (Phi) is 9.37. The molecule has 13 nitrogen and oxygen atoms in total. The third kappa shape index (κ3) is 6.84. The van der Waals surface area contributed by atoms with E-state index in [0.717, 1.165) is 12.1 Å². The normalized spacial score (nSPS) is 14.3. The fourth-order valence-corrected chi connectivity index (χ4v) is 5.97. The highest BCUT2D eigenvalue weighted by Gasteiger charge is 2.52. The summed E-state index contributed by atoms with van der Waals surface area (Å²) in [5, 5.41) is 37.5. The van der Waals surface area contributed by atoms with Gasteiger partial charge in [0.05, 0.1) is 40.7 Å². The lowest BCUT2D eigenvalue weighted by Gasteiger charge is -2.27. The lowest BCUT2D eigenvalue weighted by molar-refractivity contribution is -0.137. The van der Waals surface area contributed by atoms with Gasteiger partial charge in [-0.1, -0.05) is 17.3 Å². The summed E-state index contributed by atoms with van der Waals surface area (Å²) in [7, 11) is 0. The molecule has 0 atom stereocenters. The number of hydrogen-bond acceptors (Lipinski definition) is 10. The maximum absolute atomic E-state index is 13.5. The minimum absolute atomic E-state index is 0.00810. The second-order valence-corrected chi connectivity index (χ2v) is 12.6. The van der Waals surface area contributed by atoms with Crippen LogP contribution in [0.5, 0.6) is 17.2 Å². The van der Waals surface area contributed by atoms with Crippen LogP contribution < -0.4 is 15.1 Å². The molecule has 16 heteroatoms. The summed E-state index contributed by atoms with van der Waals surface area (Å²) >= 11 is 0. The monoisotopic (exact) mass is 716 g/mol. The zero-order valence-corrected chi connectivity index (χ0v) is 27.8. The van der Waals surface area contributed by atoms with Gasteiger partial charge in [-0.25, -0.2) is 14.4 Å². The van der Waals surface area contributed by atoms with Crippen molar-refractivity contribution in [2.45, 2.75) is 51.4 Å². The summed E-state index contributed by atoms with van der Waals surface area (Å²) in [6.45, 7) is 3.66. The number of amides is 3. The minimum atomic E-state index is -4.85. The van der Waals surface area contributed by atoms with E-state index in [1.807, 2.05) is 0 Å². The quantitative estimate of drug-likeness (QED) is 0.122. The van der Waals surface area contributed by atoms with Crippen molar-refractivity contribution in [2.75, 3.05) is 18.1 Å². The second kappa shape index (κ2) is 13.7. The van der Waals surface area contributed by atoms with Crippen LogP contribution in [0.4, 0.5) is 23.7 Å². The van der Waals surface area contributed by atoms with Crippen molar-refractivity contribution in [3.05, 3.63) is 94.1 Å². The average Bonchev–Trinajstić information content (AvgIpc) is 3.61. The summed E-state index contributed by atoms with van der Waals surface area (Å²) in [5.41, 5.74) is -2.32. The molecule has 3 amide bonds. The molecule has 1 aliphatic rings. The summed E-state index contributed by atoms with van der Waals surface area (Å²) < 4.78 is 53.6. The molecule has 3 heterocycles. The number of aryl methyl sites for hydroxylation is 1. The molecule has 3 aromatic carbocycles. The third-order valence-corrected chi connectivity index (χ3v) is 8.76. The Morgan fingerprint density at radius 3 is 2.46 bits per heavy atom. The number of ether oxygens (including phenoxy) is 1. The highest BCUT2D eigenvalue weighted by atomic mass is 19.4. The molecule has 2 N–H and O–H groups in total. The number of halogens is 3. The predicted octanol–water partition coefficient (Wildman–Crippen LogP) is 6.00. The van der Waals surface area contributed by atoms with E-state index >= 15 is 0 Å². The second-order valence-electron chi connectivity index (χ2n) is 12.6. The van der Waals surface area contributed by atoms with E-state index in [-0.39, 0.29) is 52.6 Å². The number of urea groups is 1. The number of nitrogens with zero attached hydrogens (tertiary/aromatic N) is 6. The van der Waals surface area contributed by atoms with Crippen molar-refractivity contribution in [2.24, 2.45) is 0 Å². The fraction of sp³-hybridized carbons (Fsp3) is 0.278. The first kappa shape index (κ1) is 35.5. The number of alkyl halides is 3. The Labute approximate surface area is 293 Å². The van der Waals surface area contributed by atoms with Crippen LogP contribution in [0.15, 0.2) is 76.3 Å². The Hall–Kier alpha value is -6.37. The first-order valence-corrected chi connectivity index (χ1v) is 16.1. The van der Waals surface area contributed by atoms with Crippen LogP contribution in [0.2, 0.25) is 0 Å². The molecular formula is C36H31F3N6O7. The largest absolute Gasteiger partial charge is 0.508 e. The summed E-state index contributed by atoms with van der Waals surface area (Å²) in [6.07, 6.45) is -0.316. The molecule has 2 aromatic heterocycles. The summed E-state index contributed by atoms with van der Waals surface area (Å²) in [6, 6.07) is 12.3. The van der Waals surface area contributed by atoms with Crippen LogP contribution in [0.25, 0.3) is 22.1 Å². The molecule has 268 valence electrons. The molecule has 0 saturated carbocycles. The van der Waals surface area contributed by atoms with Gasteiger partial charge in [-0.15, -0.1) is 5.10 Å². The van der Waals surface area contributed by atoms with E-state index in [1.165, 1.54) is 55.3 Å². The van der Waals surface area contributed by atoms with Crippen molar-refractivity contribution >= 4 is 28.6 Å². The number of carbonyl (C=O) groups is 2. The van der Waals surface area contributed by atoms with Gasteiger partial charge in [0, 0.05) is 24.9 Å². The minimum Gasteiger partial charge on any atom is -0.508 e. The molecule has 52 heavy (non-hydrogen) atoms. The molecule has 1 fully saturated rings. The number of phenols is 2. The molecule has 0 aliphatic carbocycles. The lowest BCUT2D eigenvalue weighted by Crippen LogP contribution is -2.44. The van der Waals surface area contributed by atoms with Crippen LogP contribution >= 0.6 is 0 Å². The average molecular weight is 717 g/mol. The van der Waals surface area contributed by atoms with E-state index in [1.54, 1.807) is 23.0 Å². The van der Waals surface area contributed by atoms with Crippen molar-refractivity contribution in [3.63, 3.8) is 0 Å². The van der Waals surface area contributed by atoms with Gasteiger partial charge >= 0.3 is 12.2 Å². The number of hydrogen-bond donors (Lipinski definition) is 2. The van der Waals surface area contributed by atoms with Gasteiger partial charge in [0.2, 0.25) is 5.43 Å². The predicted molar refractivity (Wildman–Crippen MR) is 180 cm³/mol. The summed E-state index contributed by atoms with van der Waals surface area (Å²) in [5.74, 6) is -0.678. The van der Waals surface area contributed by atoms with Crippen LogP contribution in [0.3, 0.4) is 0 Å². The Bertz CT molecular complexity index is 2280. The number of carbonyl (C=O) groups excluding carboxylic acids is 2. The smallest absolute Gasteiger partial charge is 0.417 e. The standard InChI is InChI=1S/C36H31F3N6O7/c1-35(2)33(49)45(24-9-6-22(18-40)28(15-24)36(37,38)39)34(50)44(35)12-4-3-5-23-19-43(42-41-23)13-14-51-26-16-29(47)31-30(17-26)52-20-27(32(31)48)21-7-10-25(46)11-8-21/h6-11,15-17,19-20,46-47H,3-5,12-14H2,1-2H3. The lowest BCUT2D eigenvalue weighted by atomic mass is 10.0. The molecule has 0 unspecified atom stereocenters. The topological polar surface area (TPSA) is 175 Å². The van der Waals surface area contributed by atoms with E-state index in [9.17, 15) is 37.8 Å². The van der Waals surface area contributed by atoms with Crippen LogP contribution in [-0.4, -0.2) is 60.7 Å². The van der Waals surface area contributed by atoms with Gasteiger partial charge in [-0.05, 0) is 69.0 Å². The summed E-state index contributed by atoms with van der Waals surface area (Å²) in [4.78, 5) is 41.6. The number of rotatable bonds is 11. The highest BCUT2D eigenvalue weighted by Crippen LogP contribution is 2.38. The number of aromatic hydroxyl groups is 2. The highest BCUT2D eigenvalue weighted by molar-refractivity contribution is 6.23. The molecular weight excluding hydrogens is 685 g/mol. The van der Waals surface area contributed by atoms with Crippen molar-refractivity contribution in [1.29, 1.82) is 5.26 Å². The van der Waals surface area contributed by atoms with E-state index in [4.69, 9.17) is 14.4 Å². The molecule has 1 saturated heterocycles. The van der Waals surface area contributed by atoms with Crippen molar-refractivity contribution in [1.82, 2.24) is 19.9 Å². The molecule has 5 aromatic rings. The van der Waals surface area contributed by atoms with Gasteiger partial charge in [-0.2, -0.15) is 18.4 Å². The number of imide groups is 1. The number of fused-ring (bicyclic) bond motifs is 1. The molecule has 6 rings (SSSR count). The van der Waals surface area contributed by atoms with Crippen LogP contribution in [-0.2, 0) is 23.9 Å². The van der Waals surface area contributed by atoms with Crippen LogP contribution in [0.1, 0.15) is 43.5 Å². The molecule has 1 aliphatic heterocycles. The number of unbranched alkanes of at least 4 members (excludes halogenated alkanes) is 1. The Morgan fingerprint density at radius 2 is 1.75 bits per heavy atom. The first-order valence-electron chi connectivity index (χ1n) is 16.1. The maximum atomic E-state index is 13.5. The van der Waals surface area contributed by atoms with E-state index in [0.29, 0.717) is 48.0 Å². The van der Waals surface area contributed by atoms with Gasteiger partial charge < -0.3 is 24.3 Å². The number of nitriles is 1. The zero-order chi connectivity index (χ0) is 37.4. The van der Waals surface area contributed by atoms with Gasteiger partial charge in [0.25, 0.3) is 5.91 Å². The van der Waals surface area contributed by atoms with Crippen molar-refractivity contribution < 1.29 is 42.1 Å². The molecule has 0 bridgehead atoms. The fourth-order valence-electron chi connectivity index (χ4n) is 5.97. The maximum Gasteiger partial charge on any atom is 0.417 e. The number of anilines is 1. The first-order chi connectivity index (χ1) is 24.7. The zero-order valence-electron chi connectivity index (χ0n) is 27.8. The molecule has 0 spiro atoms. The Balaban J connectivity index is 1.02. The van der Waals surface area contributed by atoms with Gasteiger partial charge in [0.1, 0.15) is 46.6 Å². The number of benzene rings is 3. The van der Waals surface area contributed by atoms with E-state index < -0.39 is 40.2 Å². The van der Waals surface area contributed by atoms with Gasteiger partial charge in [0.15, 0.2) is 0 Å². The van der Waals surface area contributed by atoms with Crippen LogP contribution in [0, 0.1) is 11.3 Å².